The molecule has 1 N–H and O–H groups in total. The molecule has 9 heteroatoms. The van der Waals surface area contributed by atoms with E-state index in [1.165, 1.54) is 11.8 Å². The Morgan fingerprint density at radius 2 is 1.59 bits per heavy atom. The maximum Gasteiger partial charge on any atom is 0.277 e. The first-order valence-electron chi connectivity index (χ1n) is 11.2. The number of rotatable bonds is 6. The summed E-state index contributed by atoms with van der Waals surface area (Å²) in [5.41, 5.74) is 2.30. The Morgan fingerprint density at radius 3 is 2.22 bits per heavy atom. The third-order valence-electron chi connectivity index (χ3n) is 6.20. The van der Waals surface area contributed by atoms with Crippen molar-refractivity contribution in [3.63, 3.8) is 0 Å². The Labute approximate surface area is 188 Å². The SMILES string of the molecule is CC(=O)Nc1ccc(C2=C(N3CCN(C)CC3)C(=O)N(CCN3CCOCC3)C2=O)cc1. The van der Waals surface area contributed by atoms with E-state index in [1.54, 1.807) is 24.3 Å². The number of morpholine rings is 1. The molecule has 2 saturated heterocycles. The molecule has 0 aliphatic carbocycles. The van der Waals surface area contributed by atoms with Crippen molar-refractivity contribution >= 4 is 29.0 Å². The van der Waals surface area contributed by atoms with E-state index >= 15 is 0 Å². The summed E-state index contributed by atoms with van der Waals surface area (Å²) in [6.07, 6.45) is 0. The first-order valence-corrected chi connectivity index (χ1v) is 11.2. The Morgan fingerprint density at radius 1 is 0.938 bits per heavy atom. The third kappa shape index (κ3) is 4.85. The van der Waals surface area contributed by atoms with E-state index in [2.05, 4.69) is 22.2 Å². The van der Waals surface area contributed by atoms with E-state index in [-0.39, 0.29) is 17.7 Å². The first kappa shape index (κ1) is 22.4. The standard InChI is InChI=1S/C23H31N5O4/c1-17(29)24-19-5-3-18(4-6-19)20-21(27-10-7-25(2)8-11-27)23(31)28(22(20)30)12-9-26-13-15-32-16-14-26/h3-6H,7-16H2,1-2H3,(H,24,29). The molecule has 32 heavy (non-hydrogen) atoms. The van der Waals surface area contributed by atoms with E-state index < -0.39 is 0 Å². The van der Waals surface area contributed by atoms with Gasteiger partial charge in [-0.3, -0.25) is 24.2 Å². The molecule has 172 valence electrons. The van der Waals surface area contributed by atoms with Crippen LogP contribution in [0.1, 0.15) is 12.5 Å². The minimum atomic E-state index is -0.246. The van der Waals surface area contributed by atoms with Crippen molar-refractivity contribution in [1.29, 1.82) is 0 Å². The Hall–Kier alpha value is -2.75. The summed E-state index contributed by atoms with van der Waals surface area (Å²) >= 11 is 0. The van der Waals surface area contributed by atoms with Gasteiger partial charge < -0.3 is 19.9 Å². The summed E-state index contributed by atoms with van der Waals surface area (Å²) in [5, 5.41) is 2.74. The van der Waals surface area contributed by atoms with Crippen LogP contribution in [0, 0.1) is 0 Å². The molecule has 0 aromatic heterocycles. The summed E-state index contributed by atoms with van der Waals surface area (Å²) in [4.78, 5) is 46.1. The number of amides is 3. The summed E-state index contributed by atoms with van der Waals surface area (Å²) in [6.45, 7) is 8.53. The van der Waals surface area contributed by atoms with Gasteiger partial charge in [-0.15, -0.1) is 0 Å². The zero-order valence-corrected chi connectivity index (χ0v) is 18.8. The predicted octanol–water partition coefficient (Wildman–Crippen LogP) is 0.305. The van der Waals surface area contributed by atoms with Crippen molar-refractivity contribution in [2.75, 3.05) is 77.9 Å². The Bertz CT molecular complexity index is 899. The van der Waals surface area contributed by atoms with Crippen LogP contribution in [-0.4, -0.2) is 110 Å². The van der Waals surface area contributed by atoms with Crippen LogP contribution < -0.4 is 5.32 Å². The highest BCUT2D eigenvalue weighted by Crippen LogP contribution is 2.32. The molecule has 3 aliphatic rings. The molecule has 2 fully saturated rings. The van der Waals surface area contributed by atoms with Crippen LogP contribution in [0.5, 0.6) is 0 Å². The lowest BCUT2D eigenvalue weighted by atomic mass is 10.0. The smallest absolute Gasteiger partial charge is 0.277 e. The topological polar surface area (TPSA) is 85.4 Å². The van der Waals surface area contributed by atoms with E-state index in [4.69, 9.17) is 4.74 Å². The molecule has 0 bridgehead atoms. The second kappa shape index (κ2) is 9.81. The van der Waals surface area contributed by atoms with Crippen LogP contribution in [0.25, 0.3) is 5.57 Å². The Balaban J connectivity index is 1.59. The zero-order valence-electron chi connectivity index (χ0n) is 18.8. The van der Waals surface area contributed by atoms with E-state index in [0.717, 1.165) is 26.2 Å². The number of ether oxygens (including phenoxy) is 1. The van der Waals surface area contributed by atoms with E-state index in [1.807, 2.05) is 4.90 Å². The molecule has 1 aromatic carbocycles. The number of anilines is 1. The fraction of sp³-hybridized carbons (Fsp3) is 0.522. The highest BCUT2D eigenvalue weighted by atomic mass is 16.5. The minimum Gasteiger partial charge on any atom is -0.379 e. The molecule has 3 heterocycles. The van der Waals surface area contributed by atoms with Gasteiger partial charge in [-0.2, -0.15) is 0 Å². The molecule has 0 spiro atoms. The number of carbonyl (C=O) groups is 3. The van der Waals surface area contributed by atoms with Crippen LogP contribution >= 0.6 is 0 Å². The lowest BCUT2D eigenvalue weighted by Gasteiger charge is -2.34. The van der Waals surface area contributed by atoms with Crippen LogP contribution in [0.4, 0.5) is 5.69 Å². The predicted molar refractivity (Wildman–Crippen MR) is 121 cm³/mol. The van der Waals surface area contributed by atoms with Crippen molar-refractivity contribution in [3.8, 4) is 0 Å². The number of carbonyl (C=O) groups excluding carboxylic acids is 3. The zero-order chi connectivity index (χ0) is 22.7. The molecule has 0 unspecified atom stereocenters. The molecule has 0 saturated carbocycles. The third-order valence-corrected chi connectivity index (χ3v) is 6.20. The van der Waals surface area contributed by atoms with Crippen LogP contribution in [-0.2, 0) is 19.1 Å². The average Bonchev–Trinajstić information content (AvgIpc) is 3.03. The van der Waals surface area contributed by atoms with Gasteiger partial charge in [0.05, 0.1) is 18.8 Å². The van der Waals surface area contributed by atoms with Gasteiger partial charge in [-0.05, 0) is 24.7 Å². The van der Waals surface area contributed by atoms with Crippen LogP contribution in [0.15, 0.2) is 30.0 Å². The summed E-state index contributed by atoms with van der Waals surface area (Å²) < 4.78 is 5.39. The second-order valence-corrected chi connectivity index (χ2v) is 8.49. The number of hydrogen-bond acceptors (Lipinski definition) is 7. The normalized spacial score (nSPS) is 20.9. The van der Waals surface area contributed by atoms with Crippen molar-refractivity contribution in [2.24, 2.45) is 0 Å². The number of hydrogen-bond donors (Lipinski definition) is 1. The van der Waals surface area contributed by atoms with Crippen LogP contribution in [0.2, 0.25) is 0 Å². The van der Waals surface area contributed by atoms with Crippen molar-refractivity contribution < 1.29 is 19.1 Å². The second-order valence-electron chi connectivity index (χ2n) is 8.49. The molecule has 3 amide bonds. The van der Waals surface area contributed by atoms with Crippen molar-refractivity contribution in [2.45, 2.75) is 6.92 Å². The number of benzene rings is 1. The number of nitrogens with zero attached hydrogens (tertiary/aromatic N) is 4. The van der Waals surface area contributed by atoms with E-state index in [0.29, 0.717) is 61.9 Å². The molecule has 0 atom stereocenters. The maximum atomic E-state index is 13.5. The molecular formula is C23H31N5O4. The van der Waals surface area contributed by atoms with Gasteiger partial charge in [0, 0.05) is 65.0 Å². The highest BCUT2D eigenvalue weighted by molar-refractivity contribution is 6.35. The lowest BCUT2D eigenvalue weighted by molar-refractivity contribution is -0.138. The first-order chi connectivity index (χ1) is 15.4. The molecule has 3 aliphatic heterocycles. The lowest BCUT2D eigenvalue weighted by Crippen LogP contribution is -2.47. The fourth-order valence-corrected chi connectivity index (χ4v) is 4.34. The monoisotopic (exact) mass is 441 g/mol. The largest absolute Gasteiger partial charge is 0.379 e. The summed E-state index contributed by atoms with van der Waals surface area (Å²) in [5.74, 6) is -0.616. The molecular weight excluding hydrogens is 410 g/mol. The Kier molecular flexibility index (Phi) is 6.88. The van der Waals surface area contributed by atoms with Crippen molar-refractivity contribution in [3.05, 3.63) is 35.5 Å². The van der Waals surface area contributed by atoms with Gasteiger partial charge in [0.1, 0.15) is 5.70 Å². The van der Waals surface area contributed by atoms with Crippen LogP contribution in [0.3, 0.4) is 0 Å². The maximum absolute atomic E-state index is 13.5. The van der Waals surface area contributed by atoms with E-state index in [9.17, 15) is 14.4 Å². The molecule has 4 rings (SSSR count). The number of likely N-dealkylation sites (N-methyl/N-ethyl adjacent to an activating group) is 1. The fourth-order valence-electron chi connectivity index (χ4n) is 4.34. The van der Waals surface area contributed by atoms with Gasteiger partial charge >= 0.3 is 0 Å². The van der Waals surface area contributed by atoms with Gasteiger partial charge in [0.25, 0.3) is 11.8 Å². The molecule has 1 aromatic rings. The minimum absolute atomic E-state index is 0.156. The van der Waals surface area contributed by atoms with Gasteiger partial charge in [-0.1, -0.05) is 12.1 Å². The quantitative estimate of drug-likeness (QED) is 0.636. The number of piperazine rings is 1. The van der Waals surface area contributed by atoms with Gasteiger partial charge in [0.2, 0.25) is 5.91 Å². The van der Waals surface area contributed by atoms with Crippen molar-refractivity contribution in [1.82, 2.24) is 19.6 Å². The molecule has 9 nitrogen and oxygen atoms in total. The average molecular weight is 442 g/mol. The number of nitrogens with one attached hydrogen (secondary N) is 1. The van der Waals surface area contributed by atoms with Gasteiger partial charge in [0.15, 0.2) is 0 Å². The summed E-state index contributed by atoms with van der Waals surface area (Å²) in [6, 6.07) is 7.12. The summed E-state index contributed by atoms with van der Waals surface area (Å²) in [7, 11) is 2.06. The van der Waals surface area contributed by atoms with Gasteiger partial charge in [-0.25, -0.2) is 0 Å². The highest BCUT2D eigenvalue weighted by Gasteiger charge is 2.42. The number of imide groups is 1. The molecule has 0 radical (unpaired) electrons.